The van der Waals surface area contributed by atoms with E-state index in [2.05, 4.69) is 0 Å². The van der Waals surface area contributed by atoms with Crippen LogP contribution in [0.5, 0.6) is 11.5 Å². The highest BCUT2D eigenvalue weighted by Gasteiger charge is 2.12. The van der Waals surface area contributed by atoms with Crippen LogP contribution >= 0.6 is 0 Å². The molecule has 2 rings (SSSR count). The topological polar surface area (TPSA) is 44.5 Å². The summed E-state index contributed by atoms with van der Waals surface area (Å²) in [6, 6.07) is 20.8. The summed E-state index contributed by atoms with van der Waals surface area (Å²) in [4.78, 5) is 0. The molecule has 0 unspecified atom stereocenters. The van der Waals surface area contributed by atoms with Crippen molar-refractivity contribution in [1.29, 1.82) is 0 Å². The fourth-order valence-electron chi connectivity index (χ4n) is 1.90. The van der Waals surface area contributed by atoms with E-state index in [4.69, 9.17) is 15.2 Å². The van der Waals surface area contributed by atoms with E-state index >= 15 is 0 Å². The van der Waals surface area contributed by atoms with Crippen LogP contribution in [-0.4, -0.2) is 22.0 Å². The normalized spacial score (nSPS) is 11.1. The van der Waals surface area contributed by atoms with Crippen LogP contribution in [-0.2, 0) is 0 Å². The SMILES string of the molecule is NCCC[SiH2]C(Oc1ccccc1)Oc1ccccc1. The lowest BCUT2D eigenvalue weighted by Gasteiger charge is -2.20. The lowest BCUT2D eigenvalue weighted by molar-refractivity contribution is 0.0732. The highest BCUT2D eigenvalue weighted by molar-refractivity contribution is 6.36. The monoisotopic (exact) mass is 287 g/mol. The summed E-state index contributed by atoms with van der Waals surface area (Å²) in [5.74, 6) is 1.56. The summed E-state index contributed by atoms with van der Waals surface area (Å²) in [5, 5.41) is 0. The average molecular weight is 287 g/mol. The third-order valence-electron chi connectivity index (χ3n) is 2.92. The van der Waals surface area contributed by atoms with Gasteiger partial charge >= 0.3 is 0 Å². The number of hydrogen-bond donors (Lipinski definition) is 1. The van der Waals surface area contributed by atoms with Crippen molar-refractivity contribution in [2.24, 2.45) is 5.73 Å². The van der Waals surface area contributed by atoms with Gasteiger partial charge in [-0.3, -0.25) is 0 Å². The number of rotatable bonds is 8. The molecule has 0 bridgehead atoms. The van der Waals surface area contributed by atoms with E-state index in [1.807, 2.05) is 60.7 Å². The Morgan fingerprint density at radius 2 is 1.35 bits per heavy atom. The predicted molar refractivity (Wildman–Crippen MR) is 85.0 cm³/mol. The number of para-hydroxylation sites is 2. The molecule has 0 saturated heterocycles. The quantitative estimate of drug-likeness (QED) is 0.460. The Labute approximate surface area is 122 Å². The van der Waals surface area contributed by atoms with Gasteiger partial charge in [-0.25, -0.2) is 0 Å². The largest absolute Gasteiger partial charge is 0.460 e. The van der Waals surface area contributed by atoms with Crippen molar-refractivity contribution in [3.8, 4) is 11.5 Å². The molecule has 0 aromatic heterocycles. The van der Waals surface area contributed by atoms with Crippen LogP contribution in [0.25, 0.3) is 0 Å². The smallest absolute Gasteiger partial charge is 0.212 e. The zero-order valence-electron chi connectivity index (χ0n) is 11.6. The zero-order chi connectivity index (χ0) is 14.0. The van der Waals surface area contributed by atoms with Crippen molar-refractivity contribution in [3.63, 3.8) is 0 Å². The molecule has 20 heavy (non-hydrogen) atoms. The maximum absolute atomic E-state index is 5.96. The minimum Gasteiger partial charge on any atom is -0.460 e. The minimum absolute atomic E-state index is 0.147. The summed E-state index contributed by atoms with van der Waals surface area (Å²) in [7, 11) is -0.498. The average Bonchev–Trinajstić information content (AvgIpc) is 2.49. The first-order chi connectivity index (χ1) is 9.88. The van der Waals surface area contributed by atoms with E-state index in [-0.39, 0.29) is 5.91 Å². The lowest BCUT2D eigenvalue weighted by atomic mass is 10.3. The highest BCUT2D eigenvalue weighted by atomic mass is 28.2. The third kappa shape index (κ3) is 5.07. The maximum atomic E-state index is 5.96. The van der Waals surface area contributed by atoms with E-state index in [9.17, 15) is 0 Å². The Morgan fingerprint density at radius 1 is 0.850 bits per heavy atom. The van der Waals surface area contributed by atoms with Crippen molar-refractivity contribution < 1.29 is 9.47 Å². The van der Waals surface area contributed by atoms with Gasteiger partial charge in [0.25, 0.3) is 0 Å². The molecule has 0 aliphatic carbocycles. The first-order valence-corrected chi connectivity index (χ1v) is 8.83. The number of hydrogen-bond acceptors (Lipinski definition) is 3. The molecule has 0 fully saturated rings. The Balaban J connectivity index is 1.96. The molecule has 2 aromatic rings. The summed E-state index contributed by atoms with van der Waals surface area (Å²) >= 11 is 0. The molecular formula is C16H21NO2Si. The Morgan fingerprint density at radius 3 is 1.80 bits per heavy atom. The second-order valence-electron chi connectivity index (χ2n) is 4.58. The molecule has 0 saturated carbocycles. The molecular weight excluding hydrogens is 266 g/mol. The van der Waals surface area contributed by atoms with E-state index in [0.717, 1.165) is 30.5 Å². The van der Waals surface area contributed by atoms with Crippen molar-refractivity contribution in [2.75, 3.05) is 6.54 Å². The lowest BCUT2D eigenvalue weighted by Crippen LogP contribution is -2.31. The summed E-state index contributed by atoms with van der Waals surface area (Å²) in [6.45, 7) is 0.733. The standard InChI is InChI=1S/C16H21NO2Si/c17-12-7-13-20-16(18-14-8-3-1-4-9-14)19-15-10-5-2-6-11-15/h1-6,8-11,16H,7,12-13,17,20H2. The van der Waals surface area contributed by atoms with Crippen molar-refractivity contribution >= 4 is 9.52 Å². The molecule has 0 radical (unpaired) electrons. The number of nitrogens with two attached hydrogens (primary N) is 1. The molecule has 2 N–H and O–H groups in total. The van der Waals surface area contributed by atoms with Gasteiger partial charge in [-0.05, 0) is 37.2 Å². The minimum atomic E-state index is -0.498. The fourth-order valence-corrected chi connectivity index (χ4v) is 3.43. The van der Waals surface area contributed by atoms with Crippen LogP contribution in [0.15, 0.2) is 60.7 Å². The molecule has 0 atom stereocenters. The van der Waals surface area contributed by atoms with E-state index in [1.165, 1.54) is 0 Å². The van der Waals surface area contributed by atoms with Gasteiger partial charge in [0.1, 0.15) is 21.0 Å². The Kier molecular flexibility index (Phi) is 6.14. The van der Waals surface area contributed by atoms with Crippen molar-refractivity contribution in [1.82, 2.24) is 0 Å². The summed E-state index contributed by atoms with van der Waals surface area (Å²) in [5.41, 5.74) is 5.56. The molecule has 0 aliphatic heterocycles. The van der Waals surface area contributed by atoms with Crippen molar-refractivity contribution in [3.05, 3.63) is 60.7 Å². The summed E-state index contributed by atoms with van der Waals surface area (Å²) in [6.07, 6.45) is 1.04. The molecule has 0 amide bonds. The van der Waals surface area contributed by atoms with Crippen LogP contribution in [0.4, 0.5) is 0 Å². The Bertz CT molecular complexity index is 437. The van der Waals surface area contributed by atoms with Gasteiger partial charge in [-0.2, -0.15) is 0 Å². The number of benzene rings is 2. The zero-order valence-corrected chi connectivity index (χ0v) is 13.0. The predicted octanol–water partition coefficient (Wildman–Crippen LogP) is 2.36. The molecule has 106 valence electrons. The van der Waals surface area contributed by atoms with Crippen molar-refractivity contribution in [2.45, 2.75) is 18.4 Å². The molecule has 2 aromatic carbocycles. The second-order valence-corrected chi connectivity index (χ2v) is 6.53. The maximum Gasteiger partial charge on any atom is 0.212 e. The first-order valence-electron chi connectivity index (χ1n) is 7.02. The highest BCUT2D eigenvalue weighted by Crippen LogP contribution is 2.16. The molecule has 0 spiro atoms. The van der Waals surface area contributed by atoms with Crippen LogP contribution in [0.3, 0.4) is 0 Å². The van der Waals surface area contributed by atoms with Gasteiger partial charge in [-0.1, -0.05) is 42.4 Å². The van der Waals surface area contributed by atoms with E-state index in [1.54, 1.807) is 0 Å². The first kappa shape index (κ1) is 14.6. The van der Waals surface area contributed by atoms with Gasteiger partial charge < -0.3 is 15.2 Å². The molecule has 3 nitrogen and oxygen atoms in total. The van der Waals surface area contributed by atoms with Gasteiger partial charge in [0.2, 0.25) is 5.91 Å². The van der Waals surface area contributed by atoms with Gasteiger partial charge in [-0.15, -0.1) is 0 Å². The molecule has 0 heterocycles. The van der Waals surface area contributed by atoms with Gasteiger partial charge in [0.05, 0.1) is 0 Å². The van der Waals surface area contributed by atoms with Gasteiger partial charge in [0, 0.05) is 0 Å². The second kappa shape index (κ2) is 8.40. The fraction of sp³-hybridized carbons (Fsp3) is 0.250. The van der Waals surface area contributed by atoms with E-state index < -0.39 is 9.52 Å². The molecule has 4 heteroatoms. The summed E-state index contributed by atoms with van der Waals surface area (Å²) < 4.78 is 11.9. The third-order valence-corrected chi connectivity index (χ3v) is 4.63. The van der Waals surface area contributed by atoms with Crippen LogP contribution in [0, 0.1) is 0 Å². The molecule has 0 aliphatic rings. The van der Waals surface area contributed by atoms with Crippen LogP contribution in [0.2, 0.25) is 6.04 Å². The van der Waals surface area contributed by atoms with Crippen LogP contribution < -0.4 is 15.2 Å². The number of ether oxygens (including phenoxy) is 2. The Hall–Kier alpha value is -1.78. The van der Waals surface area contributed by atoms with E-state index in [0.29, 0.717) is 0 Å². The van der Waals surface area contributed by atoms with Gasteiger partial charge in [0.15, 0.2) is 0 Å². The van der Waals surface area contributed by atoms with Crippen LogP contribution in [0.1, 0.15) is 6.42 Å².